The summed E-state index contributed by atoms with van der Waals surface area (Å²) in [4.78, 5) is 12.8. The Kier molecular flexibility index (Phi) is 3.25. The van der Waals surface area contributed by atoms with Crippen LogP contribution in [-0.2, 0) is 4.79 Å². The Hall–Kier alpha value is -1.82. The van der Waals surface area contributed by atoms with Gasteiger partial charge in [0.2, 0.25) is 12.7 Å². The first-order valence-corrected chi connectivity index (χ1v) is 7.04. The average Bonchev–Trinajstić information content (AvgIpc) is 3.07. The van der Waals surface area contributed by atoms with Crippen LogP contribution in [-0.4, -0.2) is 17.7 Å². The average molecular weight is 292 g/mol. The number of ether oxygens (including phenoxy) is 2. The van der Waals surface area contributed by atoms with Gasteiger partial charge in [0.05, 0.1) is 10.4 Å². The highest BCUT2D eigenvalue weighted by atomic mass is 32.1. The van der Waals surface area contributed by atoms with Gasteiger partial charge in [0.25, 0.3) is 0 Å². The van der Waals surface area contributed by atoms with Crippen LogP contribution in [0.15, 0.2) is 18.2 Å². The van der Waals surface area contributed by atoms with Crippen LogP contribution in [0.3, 0.4) is 0 Å². The Morgan fingerprint density at radius 1 is 1.25 bits per heavy atom. The van der Waals surface area contributed by atoms with Gasteiger partial charge in [-0.3, -0.25) is 4.79 Å². The van der Waals surface area contributed by atoms with Crippen molar-refractivity contribution in [1.82, 2.24) is 0 Å². The molecule has 0 spiro atoms. The molecule has 20 heavy (non-hydrogen) atoms. The van der Waals surface area contributed by atoms with E-state index in [1.165, 1.54) is 0 Å². The molecule has 1 aromatic carbocycles. The van der Waals surface area contributed by atoms with Crippen molar-refractivity contribution in [2.45, 2.75) is 25.7 Å². The molecule has 1 amide bonds. The Labute approximate surface area is 122 Å². The fourth-order valence-corrected chi connectivity index (χ4v) is 3.09. The molecule has 1 heterocycles. The summed E-state index contributed by atoms with van der Waals surface area (Å²) >= 11 is 5.11. The third-order valence-electron chi connectivity index (χ3n) is 3.99. The fourth-order valence-electron chi connectivity index (χ4n) is 2.79. The minimum absolute atomic E-state index is 0.124. The molecule has 106 valence electrons. The molecule has 3 rings (SSSR count). The molecule has 0 bridgehead atoms. The summed E-state index contributed by atoms with van der Waals surface area (Å²) in [6.07, 6.45) is 3.40. The maximum absolute atomic E-state index is 12.5. The van der Waals surface area contributed by atoms with Crippen molar-refractivity contribution in [2.75, 3.05) is 12.1 Å². The number of fused-ring (bicyclic) bond motifs is 1. The number of hydrogen-bond acceptors (Lipinski definition) is 4. The van der Waals surface area contributed by atoms with Crippen LogP contribution in [0.25, 0.3) is 0 Å². The Balaban J connectivity index is 1.80. The third-order valence-corrected chi connectivity index (χ3v) is 4.38. The predicted octanol–water partition coefficient (Wildman–Crippen LogP) is 2.20. The zero-order chi connectivity index (χ0) is 14.2. The lowest BCUT2D eigenvalue weighted by Crippen LogP contribution is -2.43. The van der Waals surface area contributed by atoms with Crippen LogP contribution in [0.2, 0.25) is 0 Å². The molecule has 3 N–H and O–H groups in total. The highest BCUT2D eigenvalue weighted by molar-refractivity contribution is 7.80. The number of hydrogen-bond donors (Lipinski definition) is 2. The van der Waals surface area contributed by atoms with Crippen molar-refractivity contribution in [2.24, 2.45) is 11.1 Å². The molecule has 1 fully saturated rings. The first-order chi connectivity index (χ1) is 9.62. The van der Waals surface area contributed by atoms with Crippen LogP contribution >= 0.6 is 12.2 Å². The zero-order valence-electron chi connectivity index (χ0n) is 11.0. The lowest BCUT2D eigenvalue weighted by atomic mass is 9.85. The van der Waals surface area contributed by atoms with E-state index >= 15 is 0 Å². The van der Waals surface area contributed by atoms with E-state index in [-0.39, 0.29) is 17.7 Å². The summed E-state index contributed by atoms with van der Waals surface area (Å²) in [7, 11) is 0. The van der Waals surface area contributed by atoms with Gasteiger partial charge in [-0.05, 0) is 25.0 Å². The molecule has 0 aromatic heterocycles. The molecule has 1 aliphatic carbocycles. The van der Waals surface area contributed by atoms with E-state index < -0.39 is 5.41 Å². The lowest BCUT2D eigenvalue weighted by Gasteiger charge is -2.26. The standard InChI is InChI=1S/C14H16N2O3S/c15-12(20)14(5-1-2-6-14)13(17)16-9-3-4-10-11(7-9)19-8-18-10/h3-4,7H,1-2,5-6,8H2,(H2,15,20)(H,16,17). The van der Waals surface area contributed by atoms with Crippen molar-refractivity contribution in [3.63, 3.8) is 0 Å². The normalized spacial score (nSPS) is 18.8. The molecular weight excluding hydrogens is 276 g/mol. The second kappa shape index (κ2) is 4.94. The highest BCUT2D eigenvalue weighted by Crippen LogP contribution is 2.40. The Bertz CT molecular complexity index is 568. The van der Waals surface area contributed by atoms with Crippen LogP contribution in [0.1, 0.15) is 25.7 Å². The SMILES string of the molecule is NC(=S)C1(C(=O)Nc2ccc3c(c2)OCO3)CCCC1. The van der Waals surface area contributed by atoms with Crippen LogP contribution in [0, 0.1) is 5.41 Å². The maximum Gasteiger partial charge on any atom is 0.237 e. The van der Waals surface area contributed by atoms with E-state index in [4.69, 9.17) is 27.4 Å². The number of rotatable bonds is 3. The zero-order valence-corrected chi connectivity index (χ0v) is 11.8. The largest absolute Gasteiger partial charge is 0.454 e. The van der Waals surface area contributed by atoms with Gasteiger partial charge in [0, 0.05) is 11.8 Å². The molecular formula is C14H16N2O3S. The number of carbonyl (C=O) groups excluding carboxylic acids is 1. The Morgan fingerprint density at radius 2 is 1.95 bits per heavy atom. The molecule has 0 radical (unpaired) electrons. The summed E-state index contributed by atoms with van der Waals surface area (Å²) < 4.78 is 10.5. The van der Waals surface area contributed by atoms with Crippen LogP contribution in [0.5, 0.6) is 11.5 Å². The number of thiocarbonyl (C=S) groups is 1. The van der Waals surface area contributed by atoms with Crippen LogP contribution in [0.4, 0.5) is 5.69 Å². The van der Waals surface area contributed by atoms with Gasteiger partial charge in [-0.25, -0.2) is 0 Å². The van der Waals surface area contributed by atoms with E-state index in [0.717, 1.165) is 25.7 Å². The second-order valence-corrected chi connectivity index (χ2v) is 5.62. The van der Waals surface area contributed by atoms with Crippen LogP contribution < -0.4 is 20.5 Å². The van der Waals surface area contributed by atoms with Crippen molar-refractivity contribution >= 4 is 28.8 Å². The molecule has 6 heteroatoms. The first kappa shape index (κ1) is 13.2. The van der Waals surface area contributed by atoms with Crippen molar-refractivity contribution < 1.29 is 14.3 Å². The molecule has 1 aliphatic heterocycles. The number of nitrogens with two attached hydrogens (primary N) is 1. The van der Waals surface area contributed by atoms with Gasteiger partial charge in [-0.1, -0.05) is 25.1 Å². The molecule has 1 aromatic rings. The first-order valence-electron chi connectivity index (χ1n) is 6.63. The van der Waals surface area contributed by atoms with E-state index in [1.807, 2.05) is 0 Å². The predicted molar refractivity (Wildman–Crippen MR) is 78.9 cm³/mol. The number of benzene rings is 1. The quantitative estimate of drug-likeness (QED) is 0.836. The van der Waals surface area contributed by atoms with Gasteiger partial charge < -0.3 is 20.5 Å². The summed E-state index contributed by atoms with van der Waals surface area (Å²) in [5.74, 6) is 1.20. The molecule has 0 atom stereocenters. The highest BCUT2D eigenvalue weighted by Gasteiger charge is 2.44. The summed E-state index contributed by atoms with van der Waals surface area (Å²) in [5.41, 5.74) is 5.77. The topological polar surface area (TPSA) is 73.6 Å². The van der Waals surface area contributed by atoms with Gasteiger partial charge in [-0.2, -0.15) is 0 Å². The minimum atomic E-state index is -0.703. The van der Waals surface area contributed by atoms with Crippen molar-refractivity contribution in [1.29, 1.82) is 0 Å². The van der Waals surface area contributed by atoms with Gasteiger partial charge >= 0.3 is 0 Å². The summed E-state index contributed by atoms with van der Waals surface area (Å²) in [6.45, 7) is 0.212. The van der Waals surface area contributed by atoms with E-state index in [1.54, 1.807) is 18.2 Å². The molecule has 2 aliphatic rings. The molecule has 0 saturated heterocycles. The van der Waals surface area contributed by atoms with Gasteiger partial charge in [0.1, 0.15) is 0 Å². The smallest absolute Gasteiger partial charge is 0.237 e. The van der Waals surface area contributed by atoms with Gasteiger partial charge in [0.15, 0.2) is 11.5 Å². The van der Waals surface area contributed by atoms with E-state index in [0.29, 0.717) is 17.2 Å². The van der Waals surface area contributed by atoms with Crippen molar-refractivity contribution in [3.8, 4) is 11.5 Å². The Morgan fingerprint density at radius 3 is 2.65 bits per heavy atom. The second-order valence-electron chi connectivity index (χ2n) is 5.18. The maximum atomic E-state index is 12.5. The summed E-state index contributed by atoms with van der Waals surface area (Å²) in [5, 5.41) is 2.89. The molecule has 1 saturated carbocycles. The molecule has 0 unspecified atom stereocenters. The van der Waals surface area contributed by atoms with Gasteiger partial charge in [-0.15, -0.1) is 0 Å². The number of amides is 1. The molecule has 5 nitrogen and oxygen atoms in total. The van der Waals surface area contributed by atoms with E-state index in [9.17, 15) is 4.79 Å². The lowest BCUT2D eigenvalue weighted by molar-refractivity contribution is -0.122. The monoisotopic (exact) mass is 292 g/mol. The summed E-state index contributed by atoms with van der Waals surface area (Å²) in [6, 6.07) is 5.32. The third kappa shape index (κ3) is 2.10. The number of carbonyl (C=O) groups is 1. The van der Waals surface area contributed by atoms with Crippen molar-refractivity contribution in [3.05, 3.63) is 18.2 Å². The van der Waals surface area contributed by atoms with E-state index in [2.05, 4.69) is 5.32 Å². The number of anilines is 1. The fraction of sp³-hybridized carbons (Fsp3) is 0.429. The minimum Gasteiger partial charge on any atom is -0.454 e. The number of nitrogens with one attached hydrogen (secondary N) is 1.